The monoisotopic (exact) mass is 194 g/mol. The van der Waals surface area contributed by atoms with Crippen molar-refractivity contribution in [2.75, 3.05) is 12.3 Å². The lowest BCUT2D eigenvalue weighted by Crippen LogP contribution is -2.10. The summed E-state index contributed by atoms with van der Waals surface area (Å²) in [6, 6.07) is 3.62. The van der Waals surface area contributed by atoms with Crippen LogP contribution in [0.1, 0.15) is 18.2 Å². The van der Waals surface area contributed by atoms with Crippen LogP contribution in [-0.4, -0.2) is 17.6 Å². The van der Waals surface area contributed by atoms with Crippen LogP contribution in [-0.2, 0) is 16.0 Å². The van der Waals surface area contributed by atoms with Gasteiger partial charge in [-0.15, -0.1) is 0 Å². The number of aromatic nitrogens is 1. The van der Waals surface area contributed by atoms with Crippen molar-refractivity contribution in [3.8, 4) is 0 Å². The summed E-state index contributed by atoms with van der Waals surface area (Å²) < 4.78 is 4.81. The number of nitrogen functional groups attached to an aromatic ring is 1. The molecular formula is C10H14N2O2. The first-order valence-corrected chi connectivity index (χ1v) is 4.51. The standard InChI is InChI=1S/C10H14N2O2/c1-3-14-9(13)6-8-5-4-7(2)12-10(8)11/h4-5H,3,6H2,1-2H3,(H2,11,12). The Kier molecular flexibility index (Phi) is 3.45. The number of ether oxygens (including phenoxy) is 1. The molecule has 0 bridgehead atoms. The zero-order valence-corrected chi connectivity index (χ0v) is 8.41. The number of aryl methyl sites for hydroxylation is 1. The summed E-state index contributed by atoms with van der Waals surface area (Å²) in [4.78, 5) is 15.2. The van der Waals surface area contributed by atoms with E-state index in [-0.39, 0.29) is 12.4 Å². The Bertz CT molecular complexity index is 337. The van der Waals surface area contributed by atoms with Crippen LogP contribution in [0.15, 0.2) is 12.1 Å². The number of rotatable bonds is 3. The summed E-state index contributed by atoms with van der Waals surface area (Å²) >= 11 is 0. The largest absolute Gasteiger partial charge is 0.466 e. The maximum Gasteiger partial charge on any atom is 0.310 e. The number of carbonyl (C=O) groups excluding carboxylic acids is 1. The topological polar surface area (TPSA) is 65.2 Å². The molecule has 1 aromatic rings. The van der Waals surface area contributed by atoms with Crippen LogP contribution in [0.25, 0.3) is 0 Å². The van der Waals surface area contributed by atoms with Gasteiger partial charge < -0.3 is 10.5 Å². The van der Waals surface area contributed by atoms with Gasteiger partial charge in [-0.25, -0.2) is 4.98 Å². The number of nitrogens with zero attached hydrogens (tertiary/aromatic N) is 1. The number of anilines is 1. The molecular weight excluding hydrogens is 180 g/mol. The smallest absolute Gasteiger partial charge is 0.310 e. The van der Waals surface area contributed by atoms with E-state index in [0.717, 1.165) is 5.69 Å². The molecule has 0 spiro atoms. The van der Waals surface area contributed by atoms with Gasteiger partial charge in [0.15, 0.2) is 0 Å². The number of esters is 1. The van der Waals surface area contributed by atoms with E-state index in [2.05, 4.69) is 4.98 Å². The van der Waals surface area contributed by atoms with E-state index in [0.29, 0.717) is 18.0 Å². The summed E-state index contributed by atoms with van der Waals surface area (Å²) in [7, 11) is 0. The second-order valence-corrected chi connectivity index (χ2v) is 2.98. The van der Waals surface area contributed by atoms with Gasteiger partial charge in [-0.3, -0.25) is 4.79 Å². The molecule has 76 valence electrons. The maximum absolute atomic E-state index is 11.1. The van der Waals surface area contributed by atoms with Crippen LogP contribution < -0.4 is 5.73 Å². The third kappa shape index (κ3) is 2.73. The molecule has 14 heavy (non-hydrogen) atoms. The van der Waals surface area contributed by atoms with Crippen molar-refractivity contribution >= 4 is 11.8 Å². The Morgan fingerprint density at radius 3 is 2.86 bits per heavy atom. The van der Waals surface area contributed by atoms with E-state index < -0.39 is 0 Å². The molecule has 0 amide bonds. The summed E-state index contributed by atoms with van der Waals surface area (Å²) in [5, 5.41) is 0. The third-order valence-electron chi connectivity index (χ3n) is 1.79. The molecule has 1 aromatic heterocycles. The minimum Gasteiger partial charge on any atom is -0.466 e. The first kappa shape index (κ1) is 10.5. The molecule has 0 saturated heterocycles. The molecule has 0 aliphatic carbocycles. The number of hydrogen-bond donors (Lipinski definition) is 1. The van der Waals surface area contributed by atoms with E-state index in [1.54, 1.807) is 13.0 Å². The minimum atomic E-state index is -0.273. The Morgan fingerprint density at radius 1 is 1.57 bits per heavy atom. The Morgan fingerprint density at radius 2 is 2.29 bits per heavy atom. The predicted molar refractivity (Wildman–Crippen MR) is 53.7 cm³/mol. The third-order valence-corrected chi connectivity index (χ3v) is 1.79. The lowest BCUT2D eigenvalue weighted by atomic mass is 10.2. The van der Waals surface area contributed by atoms with Crippen LogP contribution in [0, 0.1) is 6.92 Å². The van der Waals surface area contributed by atoms with Gasteiger partial charge in [-0.05, 0) is 19.9 Å². The van der Waals surface area contributed by atoms with Crippen molar-refractivity contribution in [2.45, 2.75) is 20.3 Å². The molecule has 2 N–H and O–H groups in total. The fraction of sp³-hybridized carbons (Fsp3) is 0.400. The van der Waals surface area contributed by atoms with Gasteiger partial charge in [-0.2, -0.15) is 0 Å². The van der Waals surface area contributed by atoms with Crippen molar-refractivity contribution in [2.24, 2.45) is 0 Å². The van der Waals surface area contributed by atoms with E-state index in [1.807, 2.05) is 13.0 Å². The molecule has 4 nitrogen and oxygen atoms in total. The first-order valence-electron chi connectivity index (χ1n) is 4.51. The summed E-state index contributed by atoms with van der Waals surface area (Å²) in [6.45, 7) is 4.01. The average molecular weight is 194 g/mol. The summed E-state index contributed by atoms with van der Waals surface area (Å²) in [6.07, 6.45) is 0.187. The summed E-state index contributed by atoms with van der Waals surface area (Å²) in [5.41, 5.74) is 7.21. The van der Waals surface area contributed by atoms with Crippen LogP contribution in [0.5, 0.6) is 0 Å². The van der Waals surface area contributed by atoms with Gasteiger partial charge in [0, 0.05) is 11.3 Å². The van der Waals surface area contributed by atoms with Gasteiger partial charge in [0.05, 0.1) is 13.0 Å². The molecule has 0 unspecified atom stereocenters. The van der Waals surface area contributed by atoms with Gasteiger partial charge >= 0.3 is 5.97 Å². The fourth-order valence-corrected chi connectivity index (χ4v) is 1.12. The Hall–Kier alpha value is -1.58. The second kappa shape index (κ2) is 4.60. The van der Waals surface area contributed by atoms with Crippen LogP contribution in [0.3, 0.4) is 0 Å². The predicted octanol–water partition coefficient (Wildman–Crippen LogP) is 1.08. The molecule has 0 fully saturated rings. The quantitative estimate of drug-likeness (QED) is 0.731. The maximum atomic E-state index is 11.1. The molecule has 0 aromatic carbocycles. The SMILES string of the molecule is CCOC(=O)Cc1ccc(C)nc1N. The highest BCUT2D eigenvalue weighted by atomic mass is 16.5. The highest BCUT2D eigenvalue weighted by molar-refractivity contribution is 5.74. The van der Waals surface area contributed by atoms with E-state index in [1.165, 1.54) is 0 Å². The minimum absolute atomic E-state index is 0.187. The number of hydrogen-bond acceptors (Lipinski definition) is 4. The molecule has 0 atom stereocenters. The molecule has 1 rings (SSSR count). The van der Waals surface area contributed by atoms with E-state index in [4.69, 9.17) is 10.5 Å². The van der Waals surface area contributed by atoms with Crippen LogP contribution >= 0.6 is 0 Å². The highest BCUT2D eigenvalue weighted by Gasteiger charge is 2.07. The highest BCUT2D eigenvalue weighted by Crippen LogP contribution is 2.10. The lowest BCUT2D eigenvalue weighted by Gasteiger charge is -2.05. The first-order chi connectivity index (χ1) is 6.63. The van der Waals surface area contributed by atoms with Crippen molar-refractivity contribution in [3.63, 3.8) is 0 Å². The van der Waals surface area contributed by atoms with E-state index in [9.17, 15) is 4.79 Å². The van der Waals surface area contributed by atoms with Gasteiger partial charge in [0.2, 0.25) is 0 Å². The zero-order chi connectivity index (χ0) is 10.6. The van der Waals surface area contributed by atoms with Crippen molar-refractivity contribution < 1.29 is 9.53 Å². The van der Waals surface area contributed by atoms with Crippen molar-refractivity contribution in [1.29, 1.82) is 0 Å². The summed E-state index contributed by atoms with van der Waals surface area (Å²) in [5.74, 6) is 0.128. The lowest BCUT2D eigenvalue weighted by molar-refractivity contribution is -0.142. The molecule has 0 saturated carbocycles. The molecule has 0 aliphatic rings. The molecule has 0 radical (unpaired) electrons. The average Bonchev–Trinajstić information content (AvgIpc) is 2.10. The zero-order valence-electron chi connectivity index (χ0n) is 8.41. The van der Waals surface area contributed by atoms with Crippen molar-refractivity contribution in [1.82, 2.24) is 4.98 Å². The number of nitrogens with two attached hydrogens (primary N) is 1. The fourth-order valence-electron chi connectivity index (χ4n) is 1.12. The van der Waals surface area contributed by atoms with Crippen LogP contribution in [0.2, 0.25) is 0 Å². The van der Waals surface area contributed by atoms with Gasteiger partial charge in [-0.1, -0.05) is 6.07 Å². The normalized spacial score (nSPS) is 9.86. The molecule has 4 heteroatoms. The molecule has 0 aliphatic heterocycles. The Labute approximate surface area is 83.1 Å². The van der Waals surface area contributed by atoms with Crippen molar-refractivity contribution in [3.05, 3.63) is 23.4 Å². The second-order valence-electron chi connectivity index (χ2n) is 2.98. The number of carbonyl (C=O) groups is 1. The van der Waals surface area contributed by atoms with Gasteiger partial charge in [0.1, 0.15) is 5.82 Å². The van der Waals surface area contributed by atoms with Gasteiger partial charge in [0.25, 0.3) is 0 Å². The van der Waals surface area contributed by atoms with E-state index >= 15 is 0 Å². The van der Waals surface area contributed by atoms with Crippen LogP contribution in [0.4, 0.5) is 5.82 Å². The number of pyridine rings is 1. The Balaban J connectivity index is 2.72. The molecule has 1 heterocycles.